The van der Waals surface area contributed by atoms with Crippen molar-refractivity contribution in [2.24, 2.45) is 0 Å². The lowest BCUT2D eigenvalue weighted by atomic mass is 9.98. The number of nitrogens with zero attached hydrogens (tertiary/aromatic N) is 1. The molecular formula is C23H22N2O3. The van der Waals surface area contributed by atoms with Crippen LogP contribution >= 0.6 is 0 Å². The minimum Gasteiger partial charge on any atom is -0.472 e. The number of aromatic nitrogens is 1. The Balaban J connectivity index is 1.49. The van der Waals surface area contributed by atoms with Crippen molar-refractivity contribution in [1.82, 2.24) is 10.3 Å². The van der Waals surface area contributed by atoms with Gasteiger partial charge in [0.1, 0.15) is 6.10 Å². The molecule has 1 fully saturated rings. The molecule has 0 aliphatic carbocycles. The van der Waals surface area contributed by atoms with Crippen LogP contribution in [-0.2, 0) is 4.74 Å². The Morgan fingerprint density at radius 3 is 2.21 bits per heavy atom. The van der Waals surface area contributed by atoms with E-state index >= 15 is 0 Å². The molecule has 142 valence electrons. The van der Waals surface area contributed by atoms with Gasteiger partial charge in [0.25, 0.3) is 5.91 Å². The van der Waals surface area contributed by atoms with Crippen molar-refractivity contribution < 1.29 is 14.3 Å². The lowest BCUT2D eigenvalue weighted by molar-refractivity contribution is 0.0942. The van der Waals surface area contributed by atoms with Gasteiger partial charge in [0.15, 0.2) is 0 Å². The van der Waals surface area contributed by atoms with Crippen LogP contribution in [0.4, 0.5) is 0 Å². The number of carbonyl (C=O) groups excluding carboxylic acids is 1. The summed E-state index contributed by atoms with van der Waals surface area (Å²) in [7, 11) is 0. The number of benzene rings is 2. The summed E-state index contributed by atoms with van der Waals surface area (Å²) in [5.41, 5.74) is 2.54. The Labute approximate surface area is 164 Å². The summed E-state index contributed by atoms with van der Waals surface area (Å²) >= 11 is 0. The number of amides is 1. The van der Waals surface area contributed by atoms with E-state index in [-0.39, 0.29) is 18.1 Å². The van der Waals surface area contributed by atoms with Gasteiger partial charge in [-0.1, -0.05) is 60.7 Å². The Morgan fingerprint density at radius 2 is 1.68 bits per heavy atom. The molecule has 1 atom stereocenters. The number of hydrogen-bond donors (Lipinski definition) is 1. The number of carbonyl (C=O) groups is 1. The zero-order valence-corrected chi connectivity index (χ0v) is 15.5. The molecule has 1 aliphatic rings. The van der Waals surface area contributed by atoms with Gasteiger partial charge in [-0.25, -0.2) is 4.98 Å². The van der Waals surface area contributed by atoms with Crippen LogP contribution in [-0.4, -0.2) is 30.2 Å². The SMILES string of the molecule is O=C(NC(c1ccccc1)c1ccccc1)c1ccc(O[C@@H]2CCOC2)nc1. The lowest BCUT2D eigenvalue weighted by Crippen LogP contribution is -2.29. The van der Waals surface area contributed by atoms with E-state index in [2.05, 4.69) is 10.3 Å². The summed E-state index contributed by atoms with van der Waals surface area (Å²) in [5.74, 6) is 0.329. The predicted molar refractivity (Wildman–Crippen MR) is 106 cm³/mol. The Morgan fingerprint density at radius 1 is 1.00 bits per heavy atom. The molecular weight excluding hydrogens is 352 g/mol. The van der Waals surface area contributed by atoms with Gasteiger partial charge >= 0.3 is 0 Å². The van der Waals surface area contributed by atoms with Gasteiger partial charge in [-0.2, -0.15) is 0 Å². The fourth-order valence-electron chi connectivity index (χ4n) is 3.23. The third-order valence-corrected chi connectivity index (χ3v) is 4.72. The number of rotatable bonds is 6. The van der Waals surface area contributed by atoms with Gasteiger partial charge < -0.3 is 14.8 Å². The summed E-state index contributed by atoms with van der Waals surface area (Å²) < 4.78 is 11.1. The minimum absolute atomic E-state index is 0.0349. The van der Waals surface area contributed by atoms with Crippen LogP contribution in [0.5, 0.6) is 5.88 Å². The summed E-state index contributed by atoms with van der Waals surface area (Å²) in [6.07, 6.45) is 2.44. The standard InChI is InChI=1S/C23H22N2O3/c26-23(19-11-12-21(24-15-19)28-20-13-14-27-16-20)25-22(17-7-3-1-4-8-17)18-9-5-2-6-10-18/h1-12,15,20,22H,13-14,16H2,(H,25,26)/t20-/m1/s1. The molecule has 0 unspecified atom stereocenters. The highest BCUT2D eigenvalue weighted by atomic mass is 16.5. The number of nitrogens with one attached hydrogen (secondary N) is 1. The van der Waals surface area contributed by atoms with E-state index in [4.69, 9.17) is 9.47 Å². The number of pyridine rings is 1. The van der Waals surface area contributed by atoms with Gasteiger partial charge in [-0.3, -0.25) is 4.79 Å². The monoisotopic (exact) mass is 374 g/mol. The van der Waals surface area contributed by atoms with Gasteiger partial charge in [-0.05, 0) is 17.2 Å². The lowest BCUT2D eigenvalue weighted by Gasteiger charge is -2.20. The fraction of sp³-hybridized carbons (Fsp3) is 0.217. The quantitative estimate of drug-likeness (QED) is 0.714. The Hall–Kier alpha value is -3.18. The van der Waals surface area contributed by atoms with E-state index in [1.807, 2.05) is 60.7 Å². The molecule has 0 bridgehead atoms. The third kappa shape index (κ3) is 4.38. The Kier molecular flexibility index (Phi) is 5.64. The van der Waals surface area contributed by atoms with Crippen LogP contribution < -0.4 is 10.1 Å². The first-order valence-electron chi connectivity index (χ1n) is 9.41. The van der Waals surface area contributed by atoms with Crippen LogP contribution in [0, 0.1) is 0 Å². The normalized spacial score (nSPS) is 16.1. The van der Waals surface area contributed by atoms with Crippen LogP contribution in [0.1, 0.15) is 33.9 Å². The maximum atomic E-state index is 12.8. The van der Waals surface area contributed by atoms with E-state index < -0.39 is 0 Å². The van der Waals surface area contributed by atoms with Crippen molar-refractivity contribution in [1.29, 1.82) is 0 Å². The molecule has 2 aromatic carbocycles. The molecule has 5 nitrogen and oxygen atoms in total. The molecule has 0 saturated carbocycles. The summed E-state index contributed by atoms with van der Waals surface area (Å²) in [6, 6.07) is 23.1. The van der Waals surface area contributed by atoms with Gasteiger partial charge in [0, 0.05) is 18.7 Å². The second kappa shape index (κ2) is 8.67. The second-order valence-corrected chi connectivity index (χ2v) is 6.72. The Bertz CT molecular complexity index is 853. The molecule has 5 heteroatoms. The van der Waals surface area contributed by atoms with E-state index in [0.717, 1.165) is 17.5 Å². The van der Waals surface area contributed by atoms with Crippen molar-refractivity contribution in [2.75, 3.05) is 13.2 Å². The van der Waals surface area contributed by atoms with E-state index in [0.29, 0.717) is 24.7 Å². The maximum Gasteiger partial charge on any atom is 0.253 e. The summed E-state index contributed by atoms with van der Waals surface area (Å²) in [5, 5.41) is 3.12. The highest BCUT2D eigenvalue weighted by molar-refractivity contribution is 5.94. The van der Waals surface area contributed by atoms with Crippen molar-refractivity contribution in [2.45, 2.75) is 18.6 Å². The first kappa shape index (κ1) is 18.2. The third-order valence-electron chi connectivity index (χ3n) is 4.72. The van der Waals surface area contributed by atoms with Gasteiger partial charge in [0.05, 0.1) is 24.8 Å². The van der Waals surface area contributed by atoms with Crippen molar-refractivity contribution in [3.8, 4) is 5.88 Å². The second-order valence-electron chi connectivity index (χ2n) is 6.72. The molecule has 1 saturated heterocycles. The molecule has 1 N–H and O–H groups in total. The topological polar surface area (TPSA) is 60.5 Å². The molecule has 28 heavy (non-hydrogen) atoms. The first-order chi connectivity index (χ1) is 13.8. The van der Waals surface area contributed by atoms with Crippen LogP contribution in [0.2, 0.25) is 0 Å². The van der Waals surface area contributed by atoms with Crippen LogP contribution in [0.25, 0.3) is 0 Å². The maximum absolute atomic E-state index is 12.8. The average Bonchev–Trinajstić information content (AvgIpc) is 3.27. The van der Waals surface area contributed by atoms with Crippen molar-refractivity contribution in [3.05, 3.63) is 95.7 Å². The van der Waals surface area contributed by atoms with Crippen LogP contribution in [0.3, 0.4) is 0 Å². The number of ether oxygens (including phenoxy) is 2. The highest BCUT2D eigenvalue weighted by Crippen LogP contribution is 2.22. The van der Waals surface area contributed by atoms with Gasteiger partial charge in [0.2, 0.25) is 5.88 Å². The molecule has 2 heterocycles. The average molecular weight is 374 g/mol. The first-order valence-corrected chi connectivity index (χ1v) is 9.41. The highest BCUT2D eigenvalue weighted by Gasteiger charge is 2.19. The minimum atomic E-state index is -0.235. The van der Waals surface area contributed by atoms with E-state index in [1.54, 1.807) is 18.3 Å². The van der Waals surface area contributed by atoms with Crippen LogP contribution in [0.15, 0.2) is 79.0 Å². The summed E-state index contributed by atoms with van der Waals surface area (Å²) in [6.45, 7) is 1.30. The molecule has 0 radical (unpaired) electrons. The smallest absolute Gasteiger partial charge is 0.253 e. The summed E-state index contributed by atoms with van der Waals surface area (Å²) in [4.78, 5) is 17.1. The molecule has 0 spiro atoms. The van der Waals surface area contributed by atoms with Crippen molar-refractivity contribution >= 4 is 5.91 Å². The van der Waals surface area contributed by atoms with Gasteiger partial charge in [-0.15, -0.1) is 0 Å². The zero-order chi connectivity index (χ0) is 19.2. The molecule has 4 rings (SSSR count). The predicted octanol–water partition coefficient (Wildman–Crippen LogP) is 3.77. The van der Waals surface area contributed by atoms with E-state index in [1.165, 1.54) is 0 Å². The van der Waals surface area contributed by atoms with E-state index in [9.17, 15) is 4.79 Å². The molecule has 1 amide bonds. The number of hydrogen-bond acceptors (Lipinski definition) is 4. The molecule has 1 aromatic heterocycles. The molecule has 1 aliphatic heterocycles. The zero-order valence-electron chi connectivity index (χ0n) is 15.5. The fourth-order valence-corrected chi connectivity index (χ4v) is 3.23. The molecule has 3 aromatic rings. The van der Waals surface area contributed by atoms with Crippen molar-refractivity contribution in [3.63, 3.8) is 0 Å². The largest absolute Gasteiger partial charge is 0.472 e.